The van der Waals surface area contributed by atoms with Crippen LogP contribution in [0.3, 0.4) is 0 Å². The van der Waals surface area contributed by atoms with Crippen LogP contribution in [0.1, 0.15) is 15.9 Å². The Hall–Kier alpha value is -3.13. The molecule has 0 atom stereocenters. The molecule has 0 aliphatic rings. The number of nitrogens with two attached hydrogens (primary N) is 2. The number of nitrogen functional groups attached to an aromatic ring is 2. The Kier molecular flexibility index (Phi) is 5.33. The summed E-state index contributed by atoms with van der Waals surface area (Å²) in [5.74, 6) is 0.384. The van der Waals surface area contributed by atoms with Crippen LogP contribution in [0.4, 0.5) is 21.7 Å². The number of hydrogen-bond donors (Lipinski definition) is 3. The predicted molar refractivity (Wildman–Crippen MR) is 101 cm³/mol. The Morgan fingerprint density at radius 1 is 1.04 bits per heavy atom. The molecule has 0 bridgehead atoms. The molecule has 1 heterocycles. The van der Waals surface area contributed by atoms with Gasteiger partial charge in [-0.25, -0.2) is 14.4 Å². The average molecular weight is 369 g/mol. The summed E-state index contributed by atoms with van der Waals surface area (Å²) in [5, 5.41) is 3.04. The SMILES string of the molecule is Nc1cc(N)nc(SCc2ccc(C(=O)Nc3ccccc3F)cc2)n1. The Labute approximate surface area is 153 Å². The smallest absolute Gasteiger partial charge is 0.255 e. The topological polar surface area (TPSA) is 107 Å². The highest BCUT2D eigenvalue weighted by molar-refractivity contribution is 7.98. The largest absolute Gasteiger partial charge is 0.383 e. The van der Waals surface area contributed by atoms with Crippen LogP contribution in [-0.4, -0.2) is 15.9 Å². The third kappa shape index (κ3) is 4.48. The second-order valence-corrected chi connectivity index (χ2v) is 6.36. The van der Waals surface area contributed by atoms with Crippen LogP contribution < -0.4 is 16.8 Å². The van der Waals surface area contributed by atoms with E-state index in [4.69, 9.17) is 11.5 Å². The maximum atomic E-state index is 13.6. The first-order chi connectivity index (χ1) is 12.5. The summed E-state index contributed by atoms with van der Waals surface area (Å²) in [6, 6.07) is 14.5. The maximum absolute atomic E-state index is 13.6. The zero-order valence-corrected chi connectivity index (χ0v) is 14.5. The van der Waals surface area contributed by atoms with E-state index in [1.165, 1.54) is 30.0 Å². The minimum atomic E-state index is -0.477. The zero-order valence-electron chi connectivity index (χ0n) is 13.6. The minimum Gasteiger partial charge on any atom is -0.383 e. The van der Waals surface area contributed by atoms with Gasteiger partial charge in [0, 0.05) is 17.4 Å². The number of thioether (sulfide) groups is 1. The molecule has 3 rings (SSSR count). The van der Waals surface area contributed by atoms with Crippen LogP contribution in [0.2, 0.25) is 0 Å². The average Bonchev–Trinajstić information content (AvgIpc) is 2.61. The van der Waals surface area contributed by atoms with Gasteiger partial charge in [0.05, 0.1) is 5.69 Å². The van der Waals surface area contributed by atoms with E-state index in [0.29, 0.717) is 28.1 Å². The highest BCUT2D eigenvalue weighted by Crippen LogP contribution is 2.22. The normalized spacial score (nSPS) is 10.5. The second-order valence-electron chi connectivity index (χ2n) is 5.42. The summed E-state index contributed by atoms with van der Waals surface area (Å²) in [7, 11) is 0. The van der Waals surface area contributed by atoms with E-state index >= 15 is 0 Å². The highest BCUT2D eigenvalue weighted by Gasteiger charge is 2.09. The first-order valence-corrected chi connectivity index (χ1v) is 8.67. The van der Waals surface area contributed by atoms with Crippen LogP contribution in [0.25, 0.3) is 0 Å². The molecule has 0 aliphatic heterocycles. The molecular weight excluding hydrogens is 353 g/mol. The fourth-order valence-electron chi connectivity index (χ4n) is 2.18. The van der Waals surface area contributed by atoms with Crippen molar-refractivity contribution >= 4 is 35.0 Å². The number of nitrogens with one attached hydrogen (secondary N) is 1. The Bertz CT molecular complexity index is 913. The number of nitrogens with zero attached hydrogens (tertiary/aromatic N) is 2. The number of rotatable bonds is 5. The number of carbonyl (C=O) groups excluding carboxylic acids is 1. The molecule has 0 fully saturated rings. The van der Waals surface area contributed by atoms with Crippen molar-refractivity contribution in [3.63, 3.8) is 0 Å². The van der Waals surface area contributed by atoms with Gasteiger partial charge in [-0.1, -0.05) is 36.0 Å². The number of hydrogen-bond acceptors (Lipinski definition) is 6. The van der Waals surface area contributed by atoms with Crippen molar-refractivity contribution in [2.45, 2.75) is 10.9 Å². The molecule has 2 aromatic carbocycles. The quantitative estimate of drug-likeness (QED) is 0.470. The van der Waals surface area contributed by atoms with Crippen LogP contribution in [0, 0.1) is 5.82 Å². The third-order valence-corrected chi connectivity index (χ3v) is 4.37. The van der Waals surface area contributed by atoms with Crippen LogP contribution >= 0.6 is 11.8 Å². The molecule has 0 unspecified atom stereocenters. The molecule has 3 aromatic rings. The molecule has 0 spiro atoms. The van der Waals surface area contributed by atoms with E-state index < -0.39 is 5.82 Å². The summed E-state index contributed by atoms with van der Waals surface area (Å²) >= 11 is 1.39. The van der Waals surface area contributed by atoms with Crippen molar-refractivity contribution in [3.05, 3.63) is 71.5 Å². The Balaban J connectivity index is 1.62. The molecule has 0 radical (unpaired) electrons. The van der Waals surface area contributed by atoms with E-state index in [9.17, 15) is 9.18 Å². The Morgan fingerprint density at radius 3 is 2.35 bits per heavy atom. The third-order valence-electron chi connectivity index (χ3n) is 3.45. The number of anilines is 3. The molecule has 6 nitrogen and oxygen atoms in total. The lowest BCUT2D eigenvalue weighted by molar-refractivity contribution is 0.102. The van der Waals surface area contributed by atoms with Gasteiger partial charge in [-0.2, -0.15) is 0 Å². The fourth-order valence-corrected chi connectivity index (χ4v) is 3.01. The molecule has 5 N–H and O–H groups in total. The number of halogens is 1. The lowest BCUT2D eigenvalue weighted by atomic mass is 10.1. The van der Waals surface area contributed by atoms with Gasteiger partial charge in [-0.3, -0.25) is 4.79 Å². The number of carbonyl (C=O) groups is 1. The number of benzene rings is 2. The first kappa shape index (κ1) is 17.7. The summed E-state index contributed by atoms with van der Waals surface area (Å²) < 4.78 is 13.6. The van der Waals surface area contributed by atoms with Gasteiger partial charge in [0.2, 0.25) is 0 Å². The van der Waals surface area contributed by atoms with E-state index in [1.54, 1.807) is 24.3 Å². The van der Waals surface area contributed by atoms with Crippen molar-refractivity contribution in [2.24, 2.45) is 0 Å². The van der Waals surface area contributed by atoms with E-state index in [2.05, 4.69) is 15.3 Å². The molecule has 0 saturated heterocycles. The van der Waals surface area contributed by atoms with Crippen LogP contribution in [-0.2, 0) is 5.75 Å². The number of aromatic nitrogens is 2. The highest BCUT2D eigenvalue weighted by atomic mass is 32.2. The summed E-state index contributed by atoms with van der Waals surface area (Å²) in [4.78, 5) is 20.4. The summed E-state index contributed by atoms with van der Waals surface area (Å²) in [5.41, 5.74) is 12.8. The summed E-state index contributed by atoms with van der Waals surface area (Å²) in [6.07, 6.45) is 0. The van der Waals surface area contributed by atoms with Crippen LogP contribution in [0.5, 0.6) is 0 Å². The number of amides is 1. The monoisotopic (exact) mass is 369 g/mol. The molecule has 8 heteroatoms. The predicted octanol–water partition coefficient (Wildman–Crippen LogP) is 3.32. The van der Waals surface area contributed by atoms with Gasteiger partial charge in [0.15, 0.2) is 5.16 Å². The fraction of sp³-hybridized carbons (Fsp3) is 0.0556. The molecule has 0 saturated carbocycles. The second kappa shape index (κ2) is 7.83. The molecule has 132 valence electrons. The standard InChI is InChI=1S/C18H16FN5OS/c19-13-3-1-2-4-14(13)22-17(25)12-7-5-11(6-8-12)10-26-18-23-15(20)9-16(21)24-18/h1-9H,10H2,(H,22,25)(H4,20,21,23,24). The molecule has 1 aromatic heterocycles. The lowest BCUT2D eigenvalue weighted by Gasteiger charge is -2.07. The maximum Gasteiger partial charge on any atom is 0.255 e. The van der Waals surface area contributed by atoms with E-state index in [0.717, 1.165) is 5.56 Å². The van der Waals surface area contributed by atoms with Crippen molar-refractivity contribution in [1.82, 2.24) is 9.97 Å². The molecule has 1 amide bonds. The van der Waals surface area contributed by atoms with Crippen molar-refractivity contribution in [3.8, 4) is 0 Å². The first-order valence-electron chi connectivity index (χ1n) is 7.69. The van der Waals surface area contributed by atoms with Crippen molar-refractivity contribution < 1.29 is 9.18 Å². The zero-order chi connectivity index (χ0) is 18.5. The Morgan fingerprint density at radius 2 is 1.69 bits per heavy atom. The van der Waals surface area contributed by atoms with Gasteiger partial charge in [-0.15, -0.1) is 0 Å². The van der Waals surface area contributed by atoms with Crippen LogP contribution in [0.15, 0.2) is 59.8 Å². The summed E-state index contributed by atoms with van der Waals surface area (Å²) in [6.45, 7) is 0. The van der Waals surface area contributed by atoms with Crippen molar-refractivity contribution in [2.75, 3.05) is 16.8 Å². The van der Waals surface area contributed by atoms with Crippen molar-refractivity contribution in [1.29, 1.82) is 0 Å². The van der Waals surface area contributed by atoms with E-state index in [1.807, 2.05) is 12.1 Å². The van der Waals surface area contributed by atoms with E-state index in [-0.39, 0.29) is 11.6 Å². The minimum absolute atomic E-state index is 0.147. The van der Waals surface area contributed by atoms with Gasteiger partial charge in [0.25, 0.3) is 5.91 Å². The van der Waals surface area contributed by atoms with Gasteiger partial charge in [-0.05, 0) is 29.8 Å². The van der Waals surface area contributed by atoms with Gasteiger partial charge >= 0.3 is 0 Å². The lowest BCUT2D eigenvalue weighted by Crippen LogP contribution is -2.12. The van der Waals surface area contributed by atoms with Gasteiger partial charge in [0.1, 0.15) is 17.5 Å². The molecule has 0 aliphatic carbocycles. The van der Waals surface area contributed by atoms with Gasteiger partial charge < -0.3 is 16.8 Å². The molecule has 26 heavy (non-hydrogen) atoms. The number of para-hydroxylation sites is 1. The molecular formula is C18H16FN5OS.